The van der Waals surface area contributed by atoms with E-state index in [0.29, 0.717) is 5.69 Å². The van der Waals surface area contributed by atoms with Gasteiger partial charge in [-0.25, -0.2) is 15.6 Å². The lowest BCUT2D eigenvalue weighted by Gasteiger charge is -2.24. The molecule has 3 amide bonds. The van der Waals surface area contributed by atoms with E-state index in [2.05, 4.69) is 20.6 Å². The summed E-state index contributed by atoms with van der Waals surface area (Å²) in [6.45, 7) is 3.63. The largest absolute Gasteiger partial charge is 0.445 e. The minimum atomic E-state index is -0.934. The Hall–Kier alpha value is -3.40. The van der Waals surface area contributed by atoms with E-state index in [-0.39, 0.29) is 18.9 Å². The monoisotopic (exact) mass is 402 g/mol. The predicted molar refractivity (Wildman–Crippen MR) is 105 cm³/mol. The zero-order valence-electron chi connectivity index (χ0n) is 16.3. The van der Waals surface area contributed by atoms with Gasteiger partial charge in [-0.2, -0.15) is 0 Å². The Labute approximate surface area is 168 Å². The minimum Gasteiger partial charge on any atom is -0.445 e. The van der Waals surface area contributed by atoms with Crippen molar-refractivity contribution in [3.8, 4) is 0 Å². The van der Waals surface area contributed by atoms with Crippen LogP contribution in [0.4, 0.5) is 4.79 Å². The molecule has 2 aromatic rings. The van der Waals surface area contributed by atoms with Crippen molar-refractivity contribution in [2.75, 3.05) is 0 Å². The van der Waals surface area contributed by atoms with Crippen molar-refractivity contribution in [3.05, 3.63) is 54.1 Å². The second-order valence-electron chi connectivity index (χ2n) is 6.78. The second-order valence-corrected chi connectivity index (χ2v) is 6.78. The van der Waals surface area contributed by atoms with E-state index in [9.17, 15) is 14.4 Å². The van der Waals surface area contributed by atoms with E-state index in [4.69, 9.17) is 10.6 Å². The molecule has 0 spiro atoms. The van der Waals surface area contributed by atoms with Crippen LogP contribution in [0.3, 0.4) is 0 Å². The number of hydrogen-bond acceptors (Lipinski definition) is 6. The first-order chi connectivity index (χ1) is 13.9. The first-order valence-electron chi connectivity index (χ1n) is 9.16. The van der Waals surface area contributed by atoms with E-state index < -0.39 is 30.0 Å². The summed E-state index contributed by atoms with van der Waals surface area (Å²) in [5, 5.41) is 5.17. The number of ether oxygens (including phenoxy) is 1. The lowest BCUT2D eigenvalue weighted by Crippen LogP contribution is -2.56. The molecule has 2 atom stereocenters. The van der Waals surface area contributed by atoms with Crippen molar-refractivity contribution in [1.82, 2.24) is 26.0 Å². The lowest BCUT2D eigenvalue weighted by atomic mass is 10.0. The highest BCUT2D eigenvalue weighted by Gasteiger charge is 2.29. The Balaban J connectivity index is 1.97. The summed E-state index contributed by atoms with van der Waals surface area (Å²) in [5.41, 5.74) is 3.50. The number of carbonyl (C=O) groups is 3. The van der Waals surface area contributed by atoms with Crippen LogP contribution >= 0.6 is 0 Å². The number of hydrogen-bond donors (Lipinski definition) is 5. The number of alkyl carbamates (subject to hydrolysis) is 1. The molecule has 29 heavy (non-hydrogen) atoms. The van der Waals surface area contributed by atoms with Gasteiger partial charge in [-0.1, -0.05) is 44.2 Å². The highest BCUT2D eigenvalue weighted by Crippen LogP contribution is 2.06. The fourth-order valence-electron chi connectivity index (χ4n) is 2.61. The maximum atomic E-state index is 12.7. The fraction of sp³-hybridized carbons (Fsp3) is 0.368. The normalized spacial score (nSPS) is 12.7. The Morgan fingerprint density at radius 1 is 1.14 bits per heavy atom. The van der Waals surface area contributed by atoms with Gasteiger partial charge in [0.2, 0.25) is 5.91 Å². The van der Waals surface area contributed by atoms with Crippen molar-refractivity contribution in [1.29, 1.82) is 0 Å². The van der Waals surface area contributed by atoms with Gasteiger partial charge in [-0.15, -0.1) is 0 Å². The zero-order valence-corrected chi connectivity index (χ0v) is 16.3. The van der Waals surface area contributed by atoms with Crippen LogP contribution in [-0.2, 0) is 27.4 Å². The lowest BCUT2D eigenvalue weighted by molar-refractivity contribution is -0.130. The summed E-state index contributed by atoms with van der Waals surface area (Å²) in [6.07, 6.45) is 2.45. The number of H-pyrrole nitrogens is 1. The summed E-state index contributed by atoms with van der Waals surface area (Å²) in [4.78, 5) is 43.7. The van der Waals surface area contributed by atoms with Gasteiger partial charge in [-0.3, -0.25) is 15.0 Å². The molecule has 1 aromatic heterocycles. The first kappa shape index (κ1) is 21.9. The van der Waals surface area contributed by atoms with E-state index in [0.717, 1.165) is 5.56 Å². The second kappa shape index (κ2) is 10.8. The van der Waals surface area contributed by atoms with Crippen LogP contribution < -0.4 is 21.9 Å². The molecule has 0 radical (unpaired) electrons. The van der Waals surface area contributed by atoms with Gasteiger partial charge in [0.1, 0.15) is 18.7 Å². The number of nitrogens with two attached hydrogens (primary N) is 1. The number of nitrogens with zero attached hydrogens (tertiary/aromatic N) is 1. The molecule has 0 aliphatic carbocycles. The minimum absolute atomic E-state index is 0.0805. The number of imidazole rings is 1. The molecule has 1 aromatic carbocycles. The van der Waals surface area contributed by atoms with Gasteiger partial charge in [-0.05, 0) is 11.5 Å². The van der Waals surface area contributed by atoms with Gasteiger partial charge in [0.25, 0.3) is 5.91 Å². The first-order valence-corrected chi connectivity index (χ1v) is 9.16. The smallest absolute Gasteiger partial charge is 0.408 e. The Morgan fingerprint density at radius 3 is 2.45 bits per heavy atom. The quantitative estimate of drug-likeness (QED) is 0.232. The van der Waals surface area contributed by atoms with Crippen molar-refractivity contribution < 1.29 is 19.1 Å². The molecule has 2 rings (SSSR count). The van der Waals surface area contributed by atoms with Crippen LogP contribution in [0.25, 0.3) is 0 Å². The predicted octanol–water partition coefficient (Wildman–Crippen LogP) is 0.378. The molecule has 0 saturated carbocycles. The number of aromatic amines is 1. The summed E-state index contributed by atoms with van der Waals surface area (Å²) in [5.74, 6) is 3.89. The van der Waals surface area contributed by atoms with Crippen LogP contribution in [-0.4, -0.2) is 40.0 Å². The summed E-state index contributed by atoms with van der Waals surface area (Å²) in [6, 6.07) is 7.35. The van der Waals surface area contributed by atoms with Crippen molar-refractivity contribution in [2.24, 2.45) is 11.8 Å². The highest BCUT2D eigenvalue weighted by molar-refractivity contribution is 5.91. The summed E-state index contributed by atoms with van der Waals surface area (Å²) >= 11 is 0. The van der Waals surface area contributed by atoms with Crippen LogP contribution in [0.2, 0.25) is 0 Å². The molecule has 0 bridgehead atoms. The van der Waals surface area contributed by atoms with Gasteiger partial charge < -0.3 is 20.4 Å². The third-order valence-corrected chi connectivity index (χ3v) is 4.19. The molecule has 10 heteroatoms. The summed E-state index contributed by atoms with van der Waals surface area (Å²) < 4.78 is 5.18. The number of carbonyl (C=O) groups excluding carboxylic acids is 3. The molecule has 0 unspecified atom stereocenters. The SMILES string of the molecule is CC(C)[C@@H](NC(=O)OCc1ccccc1)C(=O)N[C@@H](Cc1cnc[nH]1)C(=O)NN. The molecule has 156 valence electrons. The van der Waals surface area contributed by atoms with Gasteiger partial charge in [0.15, 0.2) is 0 Å². The molecular formula is C19H26N6O4. The van der Waals surface area contributed by atoms with Crippen molar-refractivity contribution >= 4 is 17.9 Å². The third kappa shape index (κ3) is 6.92. The molecular weight excluding hydrogens is 376 g/mol. The van der Waals surface area contributed by atoms with Crippen molar-refractivity contribution in [3.63, 3.8) is 0 Å². The molecule has 0 saturated heterocycles. The maximum Gasteiger partial charge on any atom is 0.408 e. The van der Waals surface area contributed by atoms with E-state index in [1.54, 1.807) is 20.0 Å². The fourth-order valence-corrected chi connectivity index (χ4v) is 2.61. The number of benzene rings is 1. The molecule has 0 aliphatic heterocycles. The maximum absolute atomic E-state index is 12.7. The molecule has 10 nitrogen and oxygen atoms in total. The Bertz CT molecular complexity index is 794. The Morgan fingerprint density at radius 2 is 1.86 bits per heavy atom. The van der Waals surface area contributed by atoms with Crippen molar-refractivity contribution in [2.45, 2.75) is 39.0 Å². The van der Waals surface area contributed by atoms with Gasteiger partial charge in [0, 0.05) is 18.3 Å². The van der Waals surface area contributed by atoms with Crippen LogP contribution in [0, 0.1) is 5.92 Å². The van der Waals surface area contributed by atoms with Crippen LogP contribution in [0.1, 0.15) is 25.1 Å². The average Bonchev–Trinajstić information content (AvgIpc) is 3.23. The number of rotatable bonds is 9. The van der Waals surface area contributed by atoms with E-state index in [1.165, 1.54) is 6.33 Å². The van der Waals surface area contributed by atoms with E-state index >= 15 is 0 Å². The number of aromatic nitrogens is 2. The highest BCUT2D eigenvalue weighted by atomic mass is 16.5. The molecule has 0 aliphatic rings. The van der Waals surface area contributed by atoms with Crippen LogP contribution in [0.15, 0.2) is 42.9 Å². The number of amides is 3. The topological polar surface area (TPSA) is 151 Å². The number of nitrogens with one attached hydrogen (secondary N) is 4. The number of hydrazine groups is 1. The standard InChI is InChI=1S/C19H26N6O4/c1-12(2)16(24-19(28)29-10-13-6-4-3-5-7-13)18(27)23-15(17(26)25-20)8-14-9-21-11-22-14/h3-7,9,11-12,15-16H,8,10,20H2,1-2H3,(H,21,22)(H,23,27)(H,24,28)(H,25,26)/t15-,16+/m0/s1. The van der Waals surface area contributed by atoms with E-state index in [1.807, 2.05) is 35.8 Å². The molecule has 6 N–H and O–H groups in total. The molecule has 1 heterocycles. The molecule has 0 fully saturated rings. The van der Waals surface area contributed by atoms with Crippen LogP contribution in [0.5, 0.6) is 0 Å². The van der Waals surface area contributed by atoms with Gasteiger partial charge >= 0.3 is 6.09 Å². The summed E-state index contributed by atoms with van der Waals surface area (Å²) in [7, 11) is 0. The average molecular weight is 402 g/mol. The van der Waals surface area contributed by atoms with Gasteiger partial charge in [0.05, 0.1) is 6.33 Å². The third-order valence-electron chi connectivity index (χ3n) is 4.19. The Kier molecular flexibility index (Phi) is 8.16. The zero-order chi connectivity index (χ0) is 21.2.